The van der Waals surface area contributed by atoms with Crippen LogP contribution in [0.2, 0.25) is 0 Å². The molecule has 1 N–H and O–H groups in total. The molecule has 0 fully saturated rings. The van der Waals surface area contributed by atoms with E-state index in [0.29, 0.717) is 0 Å². The maximum absolute atomic E-state index is 11.7. The molecule has 0 bridgehead atoms. The van der Waals surface area contributed by atoms with Gasteiger partial charge in [0.1, 0.15) is 5.58 Å². The number of thiophene rings is 1. The van der Waals surface area contributed by atoms with E-state index in [2.05, 4.69) is 113 Å². The van der Waals surface area contributed by atoms with Crippen LogP contribution in [0.5, 0.6) is 0 Å². The average molecular weight is 941 g/mol. The SMILES string of the molecule is CCC(CC)C(=O)/C=C(\O)C(CC)CC.Cc1c(-c2ccc(CC(C)(C)C)cc2)sc2c(-c3[c-]ccc4c3oc3cc(-c5ccccc5)ccc34)nccc12.[Ir]. The van der Waals surface area contributed by atoms with Crippen molar-refractivity contribution >= 4 is 49.1 Å². The number of aliphatic hydroxyl groups is 1. The number of benzene rings is 4. The summed E-state index contributed by atoms with van der Waals surface area (Å²) in [5.41, 5.74) is 10.1. The smallest absolute Gasteiger partial charge is 0.162 e. The van der Waals surface area contributed by atoms with E-state index in [9.17, 15) is 9.90 Å². The number of fused-ring (bicyclic) bond motifs is 4. The largest absolute Gasteiger partial charge is 0.512 e. The molecule has 7 rings (SSSR count). The van der Waals surface area contributed by atoms with Crippen molar-refractivity contribution in [2.24, 2.45) is 17.3 Å². The number of rotatable bonds is 11. The molecule has 0 saturated heterocycles. The van der Waals surface area contributed by atoms with E-state index < -0.39 is 0 Å². The number of aryl methyl sites for hydroxylation is 1. The van der Waals surface area contributed by atoms with E-state index in [-0.39, 0.29) is 48.9 Å². The number of furan rings is 1. The van der Waals surface area contributed by atoms with Crippen molar-refractivity contribution in [2.45, 2.75) is 87.5 Å². The Labute approximate surface area is 350 Å². The minimum absolute atomic E-state index is 0. The Morgan fingerprint density at radius 2 is 1.48 bits per heavy atom. The number of nitrogens with zero attached hydrogens (tertiary/aromatic N) is 1. The predicted octanol–water partition coefficient (Wildman–Crippen LogP) is 14.8. The van der Waals surface area contributed by atoms with Crippen LogP contribution < -0.4 is 0 Å². The van der Waals surface area contributed by atoms with Gasteiger partial charge in [0.2, 0.25) is 0 Å². The van der Waals surface area contributed by atoms with E-state index in [4.69, 9.17) is 9.40 Å². The normalized spacial score (nSPS) is 12.0. The summed E-state index contributed by atoms with van der Waals surface area (Å²) < 4.78 is 7.73. The standard InChI is InChI=1S/C37H30NOS.C13H24O2.Ir/c1-23-28-19-20-38-33(36(28)40-35(23)26-15-13-24(14-16-26)22-37(2,3)4)31-12-8-11-30-29-18-17-27(21-32(29)39-34(30)31)25-9-6-5-7-10-25;1-5-10(6-2)12(14)9-13(15)11(7-3)8-4;/h5-11,13-21H,22H2,1-4H3;9-11,14H,5-8H2,1-4H3;/q-1;;/b;12-9-;. The molecule has 0 aliphatic carbocycles. The molecule has 6 heteroatoms. The fourth-order valence-electron chi connectivity index (χ4n) is 7.49. The second kappa shape index (κ2) is 18.7. The van der Waals surface area contributed by atoms with Crippen molar-refractivity contribution in [1.82, 2.24) is 4.98 Å². The van der Waals surface area contributed by atoms with Crippen LogP contribution >= 0.6 is 11.3 Å². The van der Waals surface area contributed by atoms with Gasteiger partial charge in [0.05, 0.1) is 11.3 Å². The second-order valence-corrected chi connectivity index (χ2v) is 16.8. The molecule has 0 saturated carbocycles. The molecule has 0 unspecified atom stereocenters. The molecular weight excluding hydrogens is 887 g/mol. The van der Waals surface area contributed by atoms with Crippen molar-refractivity contribution in [3.8, 4) is 32.8 Å². The van der Waals surface area contributed by atoms with Crippen LogP contribution in [0.25, 0.3) is 64.8 Å². The first kappa shape index (κ1) is 42.8. The zero-order valence-corrected chi connectivity index (χ0v) is 37.2. The van der Waals surface area contributed by atoms with Crippen LogP contribution in [-0.4, -0.2) is 15.9 Å². The van der Waals surface area contributed by atoms with Crippen LogP contribution in [0.1, 0.15) is 85.3 Å². The summed E-state index contributed by atoms with van der Waals surface area (Å²) in [6.45, 7) is 17.1. The van der Waals surface area contributed by atoms with Crippen molar-refractivity contribution < 1.29 is 34.4 Å². The number of carbonyl (C=O) groups excluding carboxylic acids is 1. The van der Waals surface area contributed by atoms with Crippen LogP contribution in [0.15, 0.2) is 113 Å². The molecule has 4 nitrogen and oxygen atoms in total. The van der Waals surface area contributed by atoms with Gasteiger partial charge in [-0.25, -0.2) is 0 Å². The fourth-order valence-corrected chi connectivity index (χ4v) is 8.80. The van der Waals surface area contributed by atoms with E-state index in [1.165, 1.54) is 43.3 Å². The molecule has 7 aromatic rings. The summed E-state index contributed by atoms with van der Waals surface area (Å²) in [5, 5.41) is 13.2. The topological polar surface area (TPSA) is 63.3 Å². The number of ketones is 1. The molecule has 293 valence electrons. The van der Waals surface area contributed by atoms with E-state index in [0.717, 1.165) is 70.9 Å². The fraction of sp³-hybridized carbons (Fsp3) is 0.320. The van der Waals surface area contributed by atoms with E-state index in [1.807, 2.05) is 57.4 Å². The molecule has 0 aliphatic heterocycles. The number of aliphatic hydroxyl groups excluding tert-OH is 1. The van der Waals surface area contributed by atoms with Gasteiger partial charge in [-0.05, 0) is 89.8 Å². The Kier molecular flexibility index (Phi) is 14.3. The minimum atomic E-state index is 0. The molecule has 0 atom stereocenters. The average Bonchev–Trinajstić information content (AvgIpc) is 3.73. The Hall–Kier alpha value is -4.35. The summed E-state index contributed by atoms with van der Waals surface area (Å²) in [6.07, 6.45) is 7.89. The van der Waals surface area contributed by atoms with Gasteiger partial charge in [0.15, 0.2) is 5.78 Å². The molecule has 0 amide bonds. The Morgan fingerprint density at radius 1 is 0.821 bits per heavy atom. The van der Waals surface area contributed by atoms with Crippen molar-refractivity contribution in [1.29, 1.82) is 0 Å². The molecular formula is C50H54IrNO3S-. The monoisotopic (exact) mass is 941 g/mol. The summed E-state index contributed by atoms with van der Waals surface area (Å²) in [4.78, 5) is 17.9. The van der Waals surface area contributed by atoms with Crippen molar-refractivity contribution in [2.75, 3.05) is 0 Å². The van der Waals surface area contributed by atoms with Gasteiger partial charge in [0.25, 0.3) is 0 Å². The van der Waals surface area contributed by atoms with Gasteiger partial charge in [-0.2, -0.15) is 0 Å². The van der Waals surface area contributed by atoms with Crippen molar-refractivity contribution in [3.63, 3.8) is 0 Å². The zero-order chi connectivity index (χ0) is 39.3. The first-order chi connectivity index (χ1) is 26.5. The summed E-state index contributed by atoms with van der Waals surface area (Å²) in [5.74, 6) is 0.547. The molecule has 3 aromatic heterocycles. The maximum atomic E-state index is 11.7. The summed E-state index contributed by atoms with van der Waals surface area (Å²) >= 11 is 1.81. The number of hydrogen-bond donors (Lipinski definition) is 1. The quantitative estimate of drug-likeness (QED) is 0.0797. The van der Waals surface area contributed by atoms with E-state index >= 15 is 0 Å². The number of hydrogen-bond acceptors (Lipinski definition) is 5. The first-order valence-corrected chi connectivity index (χ1v) is 20.6. The second-order valence-electron chi connectivity index (χ2n) is 15.8. The van der Waals surface area contributed by atoms with Crippen LogP contribution in [0.3, 0.4) is 0 Å². The predicted molar refractivity (Wildman–Crippen MR) is 234 cm³/mol. The molecule has 0 aliphatic rings. The Balaban J connectivity index is 0.000000322. The zero-order valence-electron chi connectivity index (χ0n) is 34.0. The molecule has 4 aromatic carbocycles. The first-order valence-electron chi connectivity index (χ1n) is 19.8. The maximum Gasteiger partial charge on any atom is 0.162 e. The van der Waals surface area contributed by atoms with Gasteiger partial charge >= 0.3 is 0 Å². The molecule has 1 radical (unpaired) electrons. The number of allylic oxidation sites excluding steroid dienone is 2. The van der Waals surface area contributed by atoms with E-state index in [1.54, 1.807) is 0 Å². The molecule has 0 spiro atoms. The van der Waals surface area contributed by atoms with Crippen LogP contribution in [-0.2, 0) is 31.3 Å². The molecule has 3 heterocycles. The van der Waals surface area contributed by atoms with Gasteiger partial charge in [-0.1, -0.05) is 126 Å². The third-order valence-electron chi connectivity index (χ3n) is 10.7. The number of aromatic nitrogens is 1. The van der Waals surface area contributed by atoms with Gasteiger partial charge in [0, 0.05) is 64.9 Å². The third kappa shape index (κ3) is 9.43. The number of carbonyl (C=O) groups is 1. The Bertz CT molecular complexity index is 2430. The summed E-state index contributed by atoms with van der Waals surface area (Å²) in [7, 11) is 0. The van der Waals surface area contributed by atoms with Crippen molar-refractivity contribution in [3.05, 3.63) is 126 Å². The minimum Gasteiger partial charge on any atom is -0.512 e. The third-order valence-corrected chi connectivity index (χ3v) is 12.0. The van der Waals surface area contributed by atoms with Crippen LogP contribution in [0.4, 0.5) is 0 Å². The van der Waals surface area contributed by atoms with Gasteiger partial charge in [-0.15, -0.1) is 29.5 Å². The van der Waals surface area contributed by atoms with Gasteiger partial charge in [-0.3, -0.25) is 4.79 Å². The number of pyridine rings is 1. The van der Waals surface area contributed by atoms with Crippen LogP contribution in [0, 0.1) is 30.2 Å². The Morgan fingerprint density at radius 3 is 2.12 bits per heavy atom. The summed E-state index contributed by atoms with van der Waals surface area (Å²) in [6, 6.07) is 35.7. The van der Waals surface area contributed by atoms with Gasteiger partial charge < -0.3 is 14.5 Å². The molecule has 56 heavy (non-hydrogen) atoms.